The highest BCUT2D eigenvalue weighted by atomic mass is 19.1. The third-order valence-electron chi connectivity index (χ3n) is 1.56. The maximum absolute atomic E-state index is 12.9. The highest BCUT2D eigenvalue weighted by molar-refractivity contribution is 5.15. The summed E-state index contributed by atoms with van der Waals surface area (Å²) in [5.41, 5.74) is 0.139. The van der Waals surface area contributed by atoms with Gasteiger partial charge in [-0.1, -0.05) is 13.8 Å². The van der Waals surface area contributed by atoms with Crippen LogP contribution in [0.3, 0.4) is 0 Å². The summed E-state index contributed by atoms with van der Waals surface area (Å²) in [7, 11) is 0. The molecule has 1 heterocycles. The molecular formula is C9H11F2N. The second kappa shape index (κ2) is 3.61. The van der Waals surface area contributed by atoms with Gasteiger partial charge in [0, 0.05) is 5.56 Å². The van der Waals surface area contributed by atoms with E-state index < -0.39 is 11.6 Å². The Kier molecular flexibility index (Phi) is 2.74. The number of hydrogen-bond donors (Lipinski definition) is 0. The van der Waals surface area contributed by atoms with Crippen LogP contribution in [0.5, 0.6) is 0 Å². The fraction of sp³-hybridized carbons (Fsp3) is 0.444. The first kappa shape index (κ1) is 9.10. The van der Waals surface area contributed by atoms with Gasteiger partial charge in [-0.05, 0) is 12.3 Å². The fourth-order valence-corrected chi connectivity index (χ4v) is 1.04. The van der Waals surface area contributed by atoms with Crippen LogP contribution in [0.15, 0.2) is 12.4 Å². The van der Waals surface area contributed by atoms with E-state index in [1.165, 1.54) is 0 Å². The molecule has 0 spiro atoms. The second-order valence-corrected chi connectivity index (χ2v) is 3.18. The summed E-state index contributed by atoms with van der Waals surface area (Å²) in [4.78, 5) is 3.40. The van der Waals surface area contributed by atoms with Crippen LogP contribution in [0.2, 0.25) is 0 Å². The zero-order chi connectivity index (χ0) is 9.14. The molecule has 0 aliphatic rings. The van der Waals surface area contributed by atoms with Gasteiger partial charge in [0.15, 0.2) is 0 Å². The molecule has 0 aliphatic heterocycles. The molecule has 1 nitrogen and oxygen atoms in total. The fourth-order valence-electron chi connectivity index (χ4n) is 1.04. The van der Waals surface area contributed by atoms with Crippen molar-refractivity contribution in [3.8, 4) is 0 Å². The van der Waals surface area contributed by atoms with Crippen LogP contribution in [0.4, 0.5) is 8.78 Å². The average molecular weight is 171 g/mol. The van der Waals surface area contributed by atoms with E-state index in [2.05, 4.69) is 4.98 Å². The molecule has 1 rings (SSSR count). The molecule has 12 heavy (non-hydrogen) atoms. The molecule has 0 saturated carbocycles. The topological polar surface area (TPSA) is 12.9 Å². The zero-order valence-electron chi connectivity index (χ0n) is 7.14. The minimum Gasteiger partial charge on any atom is -0.259 e. The van der Waals surface area contributed by atoms with Gasteiger partial charge in [0.1, 0.15) is 11.6 Å². The number of pyridine rings is 1. The molecule has 0 radical (unpaired) electrons. The van der Waals surface area contributed by atoms with Crippen LogP contribution in [-0.4, -0.2) is 4.98 Å². The monoisotopic (exact) mass is 171 g/mol. The van der Waals surface area contributed by atoms with Crippen LogP contribution in [-0.2, 0) is 6.42 Å². The first-order chi connectivity index (χ1) is 5.61. The van der Waals surface area contributed by atoms with Crippen molar-refractivity contribution in [3.05, 3.63) is 29.6 Å². The van der Waals surface area contributed by atoms with E-state index in [1.54, 1.807) is 0 Å². The summed E-state index contributed by atoms with van der Waals surface area (Å²) in [6, 6.07) is 0. The molecule has 1 aromatic heterocycles. The number of nitrogens with zero attached hydrogens (tertiary/aromatic N) is 1. The Morgan fingerprint density at radius 1 is 1.25 bits per heavy atom. The minimum absolute atomic E-state index is 0.139. The van der Waals surface area contributed by atoms with Gasteiger partial charge in [0.05, 0.1) is 12.4 Å². The predicted octanol–water partition coefficient (Wildman–Crippen LogP) is 2.56. The van der Waals surface area contributed by atoms with Crippen LogP contribution in [0, 0.1) is 17.6 Å². The van der Waals surface area contributed by atoms with Crippen molar-refractivity contribution in [2.45, 2.75) is 20.3 Å². The molecule has 0 saturated heterocycles. The lowest BCUT2D eigenvalue weighted by atomic mass is 10.0. The Balaban J connectivity index is 2.96. The number of aromatic nitrogens is 1. The SMILES string of the molecule is CC(C)Cc1c(F)cncc1F. The molecule has 0 unspecified atom stereocenters. The smallest absolute Gasteiger partial charge is 0.147 e. The first-order valence-corrected chi connectivity index (χ1v) is 3.89. The Labute approximate surface area is 70.4 Å². The van der Waals surface area contributed by atoms with Gasteiger partial charge in [0.2, 0.25) is 0 Å². The molecule has 0 N–H and O–H groups in total. The predicted molar refractivity (Wildman–Crippen MR) is 42.7 cm³/mol. The minimum atomic E-state index is -0.552. The van der Waals surface area contributed by atoms with E-state index >= 15 is 0 Å². The van der Waals surface area contributed by atoms with Crippen molar-refractivity contribution in [1.29, 1.82) is 0 Å². The van der Waals surface area contributed by atoms with Gasteiger partial charge in [-0.25, -0.2) is 8.78 Å². The standard InChI is InChI=1S/C9H11F2N/c1-6(2)3-7-8(10)4-12-5-9(7)11/h4-6H,3H2,1-2H3. The van der Waals surface area contributed by atoms with E-state index in [9.17, 15) is 8.78 Å². The highest BCUT2D eigenvalue weighted by Gasteiger charge is 2.09. The van der Waals surface area contributed by atoms with Gasteiger partial charge < -0.3 is 0 Å². The highest BCUT2D eigenvalue weighted by Crippen LogP contribution is 2.14. The van der Waals surface area contributed by atoms with Gasteiger partial charge in [-0.2, -0.15) is 0 Å². The molecule has 0 fully saturated rings. The van der Waals surface area contributed by atoms with Crippen molar-refractivity contribution < 1.29 is 8.78 Å². The van der Waals surface area contributed by atoms with Gasteiger partial charge >= 0.3 is 0 Å². The molecule has 1 aromatic rings. The number of halogens is 2. The van der Waals surface area contributed by atoms with Gasteiger partial charge in [0.25, 0.3) is 0 Å². The summed E-state index contributed by atoms with van der Waals surface area (Å²) in [6.45, 7) is 3.83. The van der Waals surface area contributed by atoms with E-state index in [0.717, 1.165) is 12.4 Å². The lowest BCUT2D eigenvalue weighted by Gasteiger charge is -2.06. The van der Waals surface area contributed by atoms with Crippen molar-refractivity contribution in [3.63, 3.8) is 0 Å². The quantitative estimate of drug-likeness (QED) is 0.666. The van der Waals surface area contributed by atoms with E-state index in [1.807, 2.05) is 13.8 Å². The average Bonchev–Trinajstić information content (AvgIpc) is 1.97. The van der Waals surface area contributed by atoms with Crippen molar-refractivity contribution >= 4 is 0 Å². The summed E-state index contributed by atoms with van der Waals surface area (Å²) in [5, 5.41) is 0. The van der Waals surface area contributed by atoms with Gasteiger partial charge in [-0.15, -0.1) is 0 Å². The molecular weight excluding hydrogens is 160 g/mol. The van der Waals surface area contributed by atoms with E-state index in [4.69, 9.17) is 0 Å². The molecule has 66 valence electrons. The zero-order valence-corrected chi connectivity index (χ0v) is 7.14. The molecule has 0 atom stereocenters. The normalized spacial score (nSPS) is 10.8. The molecule has 0 aromatic carbocycles. The van der Waals surface area contributed by atoms with Crippen LogP contribution in [0.25, 0.3) is 0 Å². The van der Waals surface area contributed by atoms with E-state index in [0.29, 0.717) is 6.42 Å². The van der Waals surface area contributed by atoms with Crippen molar-refractivity contribution in [2.24, 2.45) is 5.92 Å². The molecule has 0 amide bonds. The Morgan fingerprint density at radius 2 is 1.75 bits per heavy atom. The summed E-state index contributed by atoms with van der Waals surface area (Å²) >= 11 is 0. The number of hydrogen-bond acceptors (Lipinski definition) is 1. The lowest BCUT2D eigenvalue weighted by molar-refractivity contribution is 0.518. The number of rotatable bonds is 2. The third-order valence-corrected chi connectivity index (χ3v) is 1.56. The van der Waals surface area contributed by atoms with E-state index in [-0.39, 0.29) is 11.5 Å². The Hall–Kier alpha value is -0.990. The second-order valence-electron chi connectivity index (χ2n) is 3.18. The van der Waals surface area contributed by atoms with Crippen LogP contribution >= 0.6 is 0 Å². The van der Waals surface area contributed by atoms with Crippen molar-refractivity contribution in [1.82, 2.24) is 4.98 Å². The van der Waals surface area contributed by atoms with Gasteiger partial charge in [-0.3, -0.25) is 4.98 Å². The maximum Gasteiger partial charge on any atom is 0.147 e. The van der Waals surface area contributed by atoms with Crippen LogP contribution < -0.4 is 0 Å². The Morgan fingerprint density at radius 3 is 2.17 bits per heavy atom. The summed E-state index contributed by atoms with van der Waals surface area (Å²) in [6.07, 6.45) is 2.50. The molecule has 3 heteroatoms. The lowest BCUT2D eigenvalue weighted by Crippen LogP contribution is -2.01. The third kappa shape index (κ3) is 2.00. The summed E-state index contributed by atoms with van der Waals surface area (Å²) < 4.78 is 25.8. The Bertz CT molecular complexity index is 251. The van der Waals surface area contributed by atoms with Crippen molar-refractivity contribution in [2.75, 3.05) is 0 Å². The molecule has 0 bridgehead atoms. The maximum atomic E-state index is 12.9. The summed E-state index contributed by atoms with van der Waals surface area (Å²) in [5.74, 6) is -0.858. The van der Waals surface area contributed by atoms with Crippen LogP contribution in [0.1, 0.15) is 19.4 Å². The largest absolute Gasteiger partial charge is 0.259 e. The first-order valence-electron chi connectivity index (χ1n) is 3.89. The molecule has 0 aliphatic carbocycles.